The molecule has 3 N–H and O–H groups in total. The molecule has 0 aliphatic carbocycles. The minimum absolute atomic E-state index is 0.379. The van der Waals surface area contributed by atoms with Gasteiger partial charge in [-0.2, -0.15) is 0 Å². The van der Waals surface area contributed by atoms with E-state index in [0.29, 0.717) is 11.4 Å². The second-order valence-electron chi connectivity index (χ2n) is 4.66. The quantitative estimate of drug-likeness (QED) is 0.584. The van der Waals surface area contributed by atoms with Crippen molar-refractivity contribution in [3.63, 3.8) is 0 Å². The fourth-order valence-corrected chi connectivity index (χ4v) is 2.32. The van der Waals surface area contributed by atoms with Gasteiger partial charge in [0.05, 0.1) is 17.3 Å². The van der Waals surface area contributed by atoms with E-state index in [2.05, 4.69) is 20.6 Å². The zero-order valence-electron chi connectivity index (χ0n) is 11.2. The molecule has 0 saturated heterocycles. The van der Waals surface area contributed by atoms with Crippen LogP contribution in [0.5, 0.6) is 0 Å². The minimum atomic E-state index is 0.379. The van der Waals surface area contributed by atoms with Crippen LogP contribution in [0.4, 0.5) is 11.6 Å². The minimum Gasteiger partial charge on any atom is -0.380 e. The van der Waals surface area contributed by atoms with Gasteiger partial charge in [-0.3, -0.25) is 0 Å². The van der Waals surface area contributed by atoms with Gasteiger partial charge in [0.25, 0.3) is 0 Å². The highest BCUT2D eigenvalue weighted by Crippen LogP contribution is 2.27. The SMILES string of the molecule is CNc1ccc2ncc(-c3ccc4onc(N)c4c3)n2n1. The van der Waals surface area contributed by atoms with Crippen LogP contribution in [0.3, 0.4) is 0 Å². The average molecular weight is 280 g/mol. The molecule has 0 saturated carbocycles. The third-order valence-corrected chi connectivity index (χ3v) is 3.41. The Labute approximate surface area is 119 Å². The van der Waals surface area contributed by atoms with Crippen LogP contribution in [-0.4, -0.2) is 26.8 Å². The molecule has 0 aliphatic heterocycles. The van der Waals surface area contributed by atoms with E-state index >= 15 is 0 Å². The molecular formula is C14H12N6O. The predicted molar refractivity (Wildman–Crippen MR) is 79.9 cm³/mol. The molecule has 3 heterocycles. The molecule has 0 bridgehead atoms. The van der Waals surface area contributed by atoms with Crippen LogP contribution in [0.2, 0.25) is 0 Å². The number of nitrogens with one attached hydrogen (secondary N) is 1. The summed E-state index contributed by atoms with van der Waals surface area (Å²) in [5.41, 5.74) is 9.07. The van der Waals surface area contributed by atoms with Crippen molar-refractivity contribution in [2.24, 2.45) is 0 Å². The lowest BCUT2D eigenvalue weighted by atomic mass is 10.1. The van der Waals surface area contributed by atoms with Gasteiger partial charge >= 0.3 is 0 Å². The number of benzene rings is 1. The molecule has 4 rings (SSSR count). The van der Waals surface area contributed by atoms with Crippen molar-refractivity contribution in [3.05, 3.63) is 36.5 Å². The maximum absolute atomic E-state index is 5.80. The maximum Gasteiger partial charge on any atom is 0.174 e. The number of nitrogen functional groups attached to an aromatic ring is 1. The van der Waals surface area contributed by atoms with Gasteiger partial charge in [-0.1, -0.05) is 5.16 Å². The van der Waals surface area contributed by atoms with E-state index in [0.717, 1.165) is 28.1 Å². The summed E-state index contributed by atoms with van der Waals surface area (Å²) >= 11 is 0. The van der Waals surface area contributed by atoms with Gasteiger partial charge in [-0.05, 0) is 30.3 Å². The fourth-order valence-electron chi connectivity index (χ4n) is 2.32. The fraction of sp³-hybridized carbons (Fsp3) is 0.0714. The second-order valence-corrected chi connectivity index (χ2v) is 4.66. The molecule has 0 atom stereocenters. The van der Waals surface area contributed by atoms with Gasteiger partial charge in [0.2, 0.25) is 0 Å². The second kappa shape index (κ2) is 4.20. The van der Waals surface area contributed by atoms with E-state index in [-0.39, 0.29) is 0 Å². The lowest BCUT2D eigenvalue weighted by Crippen LogP contribution is -1.99. The summed E-state index contributed by atoms with van der Waals surface area (Å²) in [6.45, 7) is 0. The monoisotopic (exact) mass is 280 g/mol. The first-order chi connectivity index (χ1) is 10.3. The molecular weight excluding hydrogens is 268 g/mol. The van der Waals surface area contributed by atoms with Crippen LogP contribution in [0.1, 0.15) is 0 Å². The van der Waals surface area contributed by atoms with Gasteiger partial charge < -0.3 is 15.6 Å². The number of nitrogens with zero attached hydrogens (tertiary/aromatic N) is 4. The Morgan fingerprint density at radius 1 is 1.24 bits per heavy atom. The Bertz CT molecular complexity index is 955. The first-order valence-corrected chi connectivity index (χ1v) is 6.44. The van der Waals surface area contributed by atoms with E-state index in [1.165, 1.54) is 0 Å². The van der Waals surface area contributed by atoms with Gasteiger partial charge in [0, 0.05) is 12.6 Å². The highest BCUT2D eigenvalue weighted by Gasteiger charge is 2.11. The molecule has 4 aromatic rings. The zero-order chi connectivity index (χ0) is 14.4. The molecule has 0 amide bonds. The number of nitrogens with two attached hydrogens (primary N) is 1. The highest BCUT2D eigenvalue weighted by atomic mass is 16.5. The Hall–Kier alpha value is -3.09. The molecule has 104 valence electrons. The molecule has 3 aromatic heterocycles. The number of hydrogen-bond acceptors (Lipinski definition) is 6. The molecule has 0 fully saturated rings. The Balaban J connectivity index is 1.96. The molecule has 0 radical (unpaired) electrons. The lowest BCUT2D eigenvalue weighted by molar-refractivity contribution is 0.460. The van der Waals surface area contributed by atoms with Crippen LogP contribution in [-0.2, 0) is 0 Å². The van der Waals surface area contributed by atoms with Crippen molar-refractivity contribution in [2.75, 3.05) is 18.1 Å². The van der Waals surface area contributed by atoms with Crippen LogP contribution >= 0.6 is 0 Å². The lowest BCUT2D eigenvalue weighted by Gasteiger charge is -2.03. The Kier molecular flexibility index (Phi) is 2.34. The molecule has 21 heavy (non-hydrogen) atoms. The molecule has 0 spiro atoms. The summed E-state index contributed by atoms with van der Waals surface area (Å²) < 4.78 is 6.91. The third-order valence-electron chi connectivity index (χ3n) is 3.41. The van der Waals surface area contributed by atoms with Gasteiger partial charge in [-0.15, -0.1) is 5.10 Å². The van der Waals surface area contributed by atoms with E-state index in [1.807, 2.05) is 37.4 Å². The van der Waals surface area contributed by atoms with Gasteiger partial charge in [0.15, 0.2) is 17.0 Å². The van der Waals surface area contributed by atoms with Crippen LogP contribution in [0.25, 0.3) is 27.9 Å². The van der Waals surface area contributed by atoms with Crippen molar-refractivity contribution in [3.8, 4) is 11.3 Å². The summed E-state index contributed by atoms with van der Waals surface area (Å²) in [5, 5.41) is 12.1. The van der Waals surface area contributed by atoms with Crippen LogP contribution in [0.15, 0.2) is 41.1 Å². The number of rotatable bonds is 2. The summed E-state index contributed by atoms with van der Waals surface area (Å²) in [5.74, 6) is 1.15. The van der Waals surface area contributed by atoms with Crippen molar-refractivity contribution < 1.29 is 4.52 Å². The number of anilines is 2. The number of fused-ring (bicyclic) bond motifs is 2. The smallest absolute Gasteiger partial charge is 0.174 e. The molecule has 0 unspecified atom stereocenters. The summed E-state index contributed by atoms with van der Waals surface area (Å²) in [6.07, 6.45) is 1.78. The standard InChI is InChI=1S/C14H12N6O/c1-16-12-4-5-13-17-7-10(20(13)18-12)8-2-3-11-9(6-8)14(15)19-21-11/h2-7H,1H3,(H2,15,19)(H,16,18). The highest BCUT2D eigenvalue weighted by molar-refractivity contribution is 5.90. The van der Waals surface area contributed by atoms with Crippen molar-refractivity contribution >= 4 is 28.3 Å². The summed E-state index contributed by atoms with van der Waals surface area (Å²) in [4.78, 5) is 4.36. The molecule has 7 heteroatoms. The largest absolute Gasteiger partial charge is 0.380 e. The number of aromatic nitrogens is 4. The number of imidazole rings is 1. The van der Waals surface area contributed by atoms with Crippen molar-refractivity contribution in [1.29, 1.82) is 0 Å². The molecule has 7 nitrogen and oxygen atoms in total. The predicted octanol–water partition coefficient (Wildman–Crippen LogP) is 2.16. The normalized spacial score (nSPS) is 11.3. The van der Waals surface area contributed by atoms with E-state index in [9.17, 15) is 0 Å². The Morgan fingerprint density at radius 2 is 2.14 bits per heavy atom. The van der Waals surface area contributed by atoms with Crippen LogP contribution in [0, 0.1) is 0 Å². The van der Waals surface area contributed by atoms with Crippen LogP contribution < -0.4 is 11.1 Å². The van der Waals surface area contributed by atoms with Crippen molar-refractivity contribution in [2.45, 2.75) is 0 Å². The topological polar surface area (TPSA) is 94.3 Å². The van der Waals surface area contributed by atoms with E-state index in [1.54, 1.807) is 10.7 Å². The zero-order valence-corrected chi connectivity index (χ0v) is 11.2. The number of hydrogen-bond donors (Lipinski definition) is 2. The first-order valence-electron chi connectivity index (χ1n) is 6.44. The first kappa shape index (κ1) is 11.7. The van der Waals surface area contributed by atoms with E-state index < -0.39 is 0 Å². The third kappa shape index (κ3) is 1.71. The van der Waals surface area contributed by atoms with Crippen molar-refractivity contribution in [1.82, 2.24) is 19.8 Å². The van der Waals surface area contributed by atoms with Gasteiger partial charge in [0.1, 0.15) is 5.82 Å². The molecule has 0 aliphatic rings. The maximum atomic E-state index is 5.80. The Morgan fingerprint density at radius 3 is 3.00 bits per heavy atom. The van der Waals surface area contributed by atoms with E-state index in [4.69, 9.17) is 10.3 Å². The average Bonchev–Trinajstić information content (AvgIpc) is 3.10. The summed E-state index contributed by atoms with van der Waals surface area (Å²) in [6, 6.07) is 9.50. The molecule has 1 aromatic carbocycles. The van der Waals surface area contributed by atoms with Gasteiger partial charge in [-0.25, -0.2) is 9.50 Å². The summed E-state index contributed by atoms with van der Waals surface area (Å²) in [7, 11) is 1.83.